The molecule has 2 atom stereocenters. The van der Waals surface area contributed by atoms with Gasteiger partial charge in [-0.2, -0.15) is 0 Å². The number of carbonyl (C=O) groups is 3. The van der Waals surface area contributed by atoms with Crippen molar-refractivity contribution in [3.05, 3.63) is 53.6 Å². The summed E-state index contributed by atoms with van der Waals surface area (Å²) >= 11 is 0. The molecule has 0 heterocycles. The van der Waals surface area contributed by atoms with Gasteiger partial charge in [0.05, 0.1) is 17.8 Å². The van der Waals surface area contributed by atoms with Crippen LogP contribution in [0.3, 0.4) is 0 Å². The van der Waals surface area contributed by atoms with Crippen LogP contribution in [0.25, 0.3) is 0 Å². The Morgan fingerprint density at radius 3 is 2.05 bits per heavy atom. The number of ether oxygens (including phenoxy) is 2. The minimum Gasteiger partial charge on any atom is -0.428 e. The molecule has 0 aromatic heterocycles. The molecule has 0 radical (unpaired) electrons. The Morgan fingerprint density at radius 1 is 0.881 bits per heavy atom. The number of nitrogens with two attached hydrogens (primary N) is 1. The van der Waals surface area contributed by atoms with Crippen LogP contribution in [-0.4, -0.2) is 43.9 Å². The molecule has 0 saturated heterocycles. The molecule has 2 amide bonds. The van der Waals surface area contributed by atoms with Crippen molar-refractivity contribution in [2.24, 2.45) is 23.5 Å². The minimum absolute atomic E-state index is 0.0839. The molecule has 232 valence electrons. The van der Waals surface area contributed by atoms with E-state index in [9.17, 15) is 14.4 Å². The van der Waals surface area contributed by atoms with Gasteiger partial charge in [-0.3, -0.25) is 9.59 Å². The zero-order valence-corrected chi connectivity index (χ0v) is 26.5. The quantitative estimate of drug-likeness (QED) is 0.158. The van der Waals surface area contributed by atoms with Crippen molar-refractivity contribution in [2.75, 3.05) is 35.4 Å². The first kappa shape index (κ1) is 34.6. The first-order valence-electron chi connectivity index (χ1n) is 14.9. The molecule has 9 heteroatoms. The number of esters is 2. The third kappa shape index (κ3) is 11.4. The van der Waals surface area contributed by atoms with Gasteiger partial charge in [0.2, 0.25) is 6.79 Å². The molecule has 0 unspecified atom stereocenters. The Bertz CT molecular complexity index is 1150. The van der Waals surface area contributed by atoms with Gasteiger partial charge in [-0.25, -0.2) is 4.79 Å². The fraction of sp³-hybridized carbons (Fsp3) is 0.545. The topological polar surface area (TPSA) is 123 Å². The molecule has 0 aliphatic heterocycles. The normalized spacial score (nSPS) is 12.7. The molecule has 0 aliphatic carbocycles. The van der Waals surface area contributed by atoms with Gasteiger partial charge in [-0.1, -0.05) is 72.2 Å². The molecule has 2 aromatic rings. The third-order valence-electron chi connectivity index (χ3n) is 6.88. The average Bonchev–Trinajstić information content (AvgIpc) is 2.91. The first-order chi connectivity index (χ1) is 19.8. The highest BCUT2D eigenvalue weighted by Gasteiger charge is 2.22. The Hall–Kier alpha value is -3.59. The fourth-order valence-electron chi connectivity index (χ4n) is 4.54. The molecule has 0 bridgehead atoms. The summed E-state index contributed by atoms with van der Waals surface area (Å²) in [4.78, 5) is 40.0. The monoisotopic (exact) mass is 582 g/mol. The smallest absolute Gasteiger partial charge is 0.326 e. The molecule has 2 aromatic carbocycles. The van der Waals surface area contributed by atoms with E-state index in [4.69, 9.17) is 15.2 Å². The number of urea groups is 1. The Morgan fingerprint density at radius 2 is 1.50 bits per heavy atom. The van der Waals surface area contributed by atoms with Crippen molar-refractivity contribution >= 4 is 35.0 Å². The van der Waals surface area contributed by atoms with Crippen LogP contribution in [0.5, 0.6) is 0 Å². The summed E-state index contributed by atoms with van der Waals surface area (Å²) in [6, 6.07) is 12.5. The second-order valence-electron chi connectivity index (χ2n) is 12.1. The van der Waals surface area contributed by atoms with Crippen molar-refractivity contribution in [3.8, 4) is 0 Å². The van der Waals surface area contributed by atoms with Gasteiger partial charge in [0.25, 0.3) is 0 Å². The second kappa shape index (κ2) is 16.8. The lowest BCUT2D eigenvalue weighted by atomic mass is 9.92. The van der Waals surface area contributed by atoms with E-state index >= 15 is 0 Å². The summed E-state index contributed by atoms with van der Waals surface area (Å²) in [5, 5.41) is 5.98. The van der Waals surface area contributed by atoms with E-state index in [0.717, 1.165) is 29.9 Å². The first-order valence-corrected chi connectivity index (χ1v) is 14.9. The summed E-state index contributed by atoms with van der Waals surface area (Å²) in [5.41, 5.74) is 10.1. The van der Waals surface area contributed by atoms with Crippen LogP contribution in [0.15, 0.2) is 42.5 Å². The van der Waals surface area contributed by atoms with E-state index in [2.05, 4.69) is 43.2 Å². The molecule has 42 heavy (non-hydrogen) atoms. The highest BCUT2D eigenvalue weighted by molar-refractivity contribution is 6.02. The Kier molecular flexibility index (Phi) is 13.8. The Balaban J connectivity index is 2.27. The van der Waals surface area contributed by atoms with Crippen molar-refractivity contribution in [1.82, 2.24) is 0 Å². The van der Waals surface area contributed by atoms with E-state index in [0.29, 0.717) is 29.6 Å². The van der Waals surface area contributed by atoms with Crippen LogP contribution in [0.2, 0.25) is 0 Å². The maximum Gasteiger partial charge on any atom is 0.326 e. The van der Waals surface area contributed by atoms with Crippen molar-refractivity contribution in [1.29, 1.82) is 0 Å². The summed E-state index contributed by atoms with van der Waals surface area (Å²) < 4.78 is 10.2. The van der Waals surface area contributed by atoms with Crippen LogP contribution in [0, 0.1) is 24.7 Å². The number of nitrogens with zero attached hydrogens (tertiary/aromatic N) is 1. The molecule has 0 saturated carbocycles. The zero-order valence-electron chi connectivity index (χ0n) is 26.5. The number of hydrogen-bond donors (Lipinski definition) is 3. The van der Waals surface area contributed by atoms with Crippen molar-refractivity contribution in [3.63, 3.8) is 0 Å². The van der Waals surface area contributed by atoms with Crippen LogP contribution < -0.4 is 21.3 Å². The number of aryl methyl sites for hydroxylation is 1. The number of hydrogen-bond acceptors (Lipinski definition) is 7. The lowest BCUT2D eigenvalue weighted by molar-refractivity contribution is -0.168. The third-order valence-corrected chi connectivity index (χ3v) is 6.88. The highest BCUT2D eigenvalue weighted by Crippen LogP contribution is 2.34. The SMILES string of the molecule is CC[C@@H](CC(=O)OCOC(=O)[C@H](N)C(C)C)c1ccc(N(CC(C)C)CC(C)C)c(NC(=O)Nc2ccc(C)cc2)c1. The van der Waals surface area contributed by atoms with E-state index in [1.165, 1.54) is 0 Å². The number of anilines is 3. The van der Waals surface area contributed by atoms with Gasteiger partial charge >= 0.3 is 18.0 Å². The molecule has 0 aliphatic rings. The second-order valence-corrected chi connectivity index (χ2v) is 12.1. The number of amides is 2. The van der Waals surface area contributed by atoms with Crippen LogP contribution in [-0.2, 0) is 19.1 Å². The molecular formula is C33H50N4O5. The molecule has 4 N–H and O–H groups in total. The minimum atomic E-state index is -0.773. The van der Waals surface area contributed by atoms with Crippen LogP contribution in [0.1, 0.15) is 78.4 Å². The lowest BCUT2D eigenvalue weighted by Crippen LogP contribution is -2.37. The zero-order chi connectivity index (χ0) is 31.4. The number of nitrogens with one attached hydrogen (secondary N) is 2. The largest absolute Gasteiger partial charge is 0.428 e. The highest BCUT2D eigenvalue weighted by atomic mass is 16.7. The summed E-state index contributed by atoms with van der Waals surface area (Å²) in [7, 11) is 0. The maximum absolute atomic E-state index is 13.1. The molecule has 9 nitrogen and oxygen atoms in total. The van der Waals surface area contributed by atoms with Crippen LogP contribution >= 0.6 is 0 Å². The van der Waals surface area contributed by atoms with E-state index in [1.54, 1.807) is 0 Å². The van der Waals surface area contributed by atoms with Gasteiger partial charge in [-0.05, 0) is 66.8 Å². The average molecular weight is 583 g/mol. The summed E-state index contributed by atoms with van der Waals surface area (Å²) in [5.74, 6) is -0.499. The van der Waals surface area contributed by atoms with E-state index < -0.39 is 24.8 Å². The van der Waals surface area contributed by atoms with Gasteiger partial charge in [0.1, 0.15) is 6.04 Å². The molecule has 0 spiro atoms. The van der Waals surface area contributed by atoms with Crippen molar-refractivity contribution in [2.45, 2.75) is 80.2 Å². The Labute approximate surface area is 251 Å². The maximum atomic E-state index is 13.1. The predicted octanol–water partition coefficient (Wildman–Crippen LogP) is 6.67. The molecule has 2 rings (SSSR count). The number of rotatable bonds is 15. The standard InChI is InChI=1S/C33H50N4O5/c1-9-25(17-30(38)41-20-42-32(39)31(34)23(6)7)26-12-15-29(37(18-21(2)3)19-22(4)5)28(16-26)36-33(40)35-27-13-10-24(8)11-14-27/h10-16,21-23,25,31H,9,17-20,34H2,1-8H3,(H2,35,36,40)/t25-,31+/m0/s1. The summed E-state index contributed by atoms with van der Waals surface area (Å²) in [6.45, 7) is 17.5. The fourth-order valence-corrected chi connectivity index (χ4v) is 4.54. The predicted molar refractivity (Wildman–Crippen MR) is 170 cm³/mol. The van der Waals surface area contributed by atoms with Gasteiger partial charge in [0.15, 0.2) is 0 Å². The van der Waals surface area contributed by atoms with Gasteiger partial charge < -0.3 is 30.7 Å². The summed E-state index contributed by atoms with van der Waals surface area (Å²) in [6.07, 6.45) is 0.767. The van der Waals surface area contributed by atoms with Crippen LogP contribution in [0.4, 0.5) is 21.9 Å². The van der Waals surface area contributed by atoms with E-state index in [-0.39, 0.29) is 24.3 Å². The van der Waals surface area contributed by atoms with Gasteiger partial charge in [0, 0.05) is 18.8 Å². The number of benzene rings is 2. The van der Waals surface area contributed by atoms with Crippen molar-refractivity contribution < 1.29 is 23.9 Å². The number of carbonyl (C=O) groups excluding carboxylic acids is 3. The lowest BCUT2D eigenvalue weighted by Gasteiger charge is -2.31. The molecular weight excluding hydrogens is 532 g/mol. The van der Waals surface area contributed by atoms with Gasteiger partial charge in [-0.15, -0.1) is 0 Å². The molecule has 0 fully saturated rings. The van der Waals surface area contributed by atoms with E-state index in [1.807, 2.05) is 70.2 Å².